The van der Waals surface area contributed by atoms with Gasteiger partial charge in [-0.3, -0.25) is 9.69 Å². The van der Waals surface area contributed by atoms with Gasteiger partial charge in [0.1, 0.15) is 11.3 Å². The minimum Gasteiger partial charge on any atom is -0.497 e. The first-order valence-corrected chi connectivity index (χ1v) is 8.53. The number of aryl methyl sites for hydroxylation is 1. The number of amides is 3. The number of imide groups is 1. The number of unbranched alkanes of at least 4 members (excludes halogenated alkanes) is 1. The standard InChI is InChI=1S/C17H22N6O3/c1-4-5-10-23-14(19-20-21-23)11-22-15(24)17(2,18-16(22)25)12-6-8-13(26-3)9-7-12/h6-9H,4-5,10-11H2,1-3H3,(H,18,25). The predicted octanol–water partition coefficient (Wildman–Crippen LogP) is 1.45. The van der Waals surface area contributed by atoms with Crippen LogP contribution in [0.1, 0.15) is 38.1 Å². The largest absolute Gasteiger partial charge is 0.497 e. The van der Waals surface area contributed by atoms with Gasteiger partial charge < -0.3 is 10.1 Å². The molecule has 138 valence electrons. The molecule has 3 rings (SSSR count). The zero-order valence-corrected chi connectivity index (χ0v) is 15.1. The Morgan fingerprint density at radius 1 is 1.23 bits per heavy atom. The Labute approximate surface area is 151 Å². The number of nitrogens with zero attached hydrogens (tertiary/aromatic N) is 5. The molecule has 0 radical (unpaired) electrons. The first kappa shape index (κ1) is 17.8. The average Bonchev–Trinajstić information content (AvgIpc) is 3.18. The Bertz CT molecular complexity index is 803. The number of carbonyl (C=O) groups is 2. The lowest BCUT2D eigenvalue weighted by atomic mass is 9.92. The van der Waals surface area contributed by atoms with Crippen LogP contribution in [0.25, 0.3) is 0 Å². The summed E-state index contributed by atoms with van der Waals surface area (Å²) >= 11 is 0. The van der Waals surface area contributed by atoms with Crippen LogP contribution in [0.4, 0.5) is 4.79 Å². The van der Waals surface area contributed by atoms with Crippen molar-refractivity contribution in [2.24, 2.45) is 0 Å². The van der Waals surface area contributed by atoms with Crippen LogP contribution in [-0.4, -0.2) is 44.2 Å². The number of nitrogens with one attached hydrogen (secondary N) is 1. The van der Waals surface area contributed by atoms with Gasteiger partial charge in [0.15, 0.2) is 5.82 Å². The predicted molar refractivity (Wildman–Crippen MR) is 92.2 cm³/mol. The van der Waals surface area contributed by atoms with E-state index in [1.165, 1.54) is 0 Å². The molecular weight excluding hydrogens is 336 g/mol. The van der Waals surface area contributed by atoms with Crippen LogP contribution in [0.2, 0.25) is 0 Å². The Kier molecular flexibility index (Phi) is 4.88. The Morgan fingerprint density at radius 3 is 2.62 bits per heavy atom. The minimum atomic E-state index is -1.13. The van der Waals surface area contributed by atoms with Crippen molar-refractivity contribution in [1.82, 2.24) is 30.4 Å². The zero-order valence-electron chi connectivity index (χ0n) is 15.1. The van der Waals surface area contributed by atoms with Crippen LogP contribution in [-0.2, 0) is 23.4 Å². The lowest BCUT2D eigenvalue weighted by molar-refractivity contribution is -0.131. The number of rotatable bonds is 7. The van der Waals surface area contributed by atoms with Gasteiger partial charge in [-0.15, -0.1) is 5.10 Å². The summed E-state index contributed by atoms with van der Waals surface area (Å²) in [6.07, 6.45) is 1.92. The number of hydrogen-bond donors (Lipinski definition) is 1. The van der Waals surface area contributed by atoms with Gasteiger partial charge in [0, 0.05) is 6.54 Å². The second kappa shape index (κ2) is 7.11. The Morgan fingerprint density at radius 2 is 1.96 bits per heavy atom. The van der Waals surface area contributed by atoms with Crippen LogP contribution < -0.4 is 10.1 Å². The molecule has 0 bridgehead atoms. The number of carbonyl (C=O) groups excluding carboxylic acids is 2. The highest BCUT2D eigenvalue weighted by Gasteiger charge is 2.49. The van der Waals surface area contributed by atoms with Crippen molar-refractivity contribution >= 4 is 11.9 Å². The highest BCUT2D eigenvalue weighted by Crippen LogP contribution is 2.30. The van der Waals surface area contributed by atoms with E-state index in [-0.39, 0.29) is 12.5 Å². The van der Waals surface area contributed by atoms with E-state index in [0.29, 0.717) is 23.7 Å². The smallest absolute Gasteiger partial charge is 0.325 e. The van der Waals surface area contributed by atoms with E-state index in [4.69, 9.17) is 4.74 Å². The van der Waals surface area contributed by atoms with Crippen LogP contribution in [0.5, 0.6) is 5.75 Å². The monoisotopic (exact) mass is 358 g/mol. The van der Waals surface area contributed by atoms with Crippen molar-refractivity contribution < 1.29 is 14.3 Å². The summed E-state index contributed by atoms with van der Waals surface area (Å²) in [4.78, 5) is 26.6. The number of tetrazole rings is 1. The van der Waals surface area contributed by atoms with Crippen molar-refractivity contribution in [3.05, 3.63) is 35.7 Å². The molecule has 1 unspecified atom stereocenters. The minimum absolute atomic E-state index is 0.0348. The highest BCUT2D eigenvalue weighted by atomic mass is 16.5. The number of methoxy groups -OCH3 is 1. The van der Waals surface area contributed by atoms with Gasteiger partial charge >= 0.3 is 6.03 Å². The van der Waals surface area contributed by atoms with Crippen LogP contribution in [0.3, 0.4) is 0 Å². The van der Waals surface area contributed by atoms with E-state index in [1.807, 2.05) is 0 Å². The molecule has 1 aliphatic heterocycles. The second-order valence-electron chi connectivity index (χ2n) is 6.35. The van der Waals surface area contributed by atoms with Gasteiger partial charge in [-0.2, -0.15) is 0 Å². The molecule has 0 spiro atoms. The van der Waals surface area contributed by atoms with E-state index in [9.17, 15) is 9.59 Å². The normalized spacial score (nSPS) is 19.7. The highest BCUT2D eigenvalue weighted by molar-refractivity contribution is 6.07. The molecule has 9 nitrogen and oxygen atoms in total. The number of aromatic nitrogens is 4. The SMILES string of the molecule is CCCCn1nnnc1CN1C(=O)NC(C)(c2ccc(OC)cc2)C1=O. The number of urea groups is 1. The van der Waals surface area contributed by atoms with Gasteiger partial charge in [0.2, 0.25) is 0 Å². The molecule has 1 saturated heterocycles. The summed E-state index contributed by atoms with van der Waals surface area (Å²) in [6, 6.07) is 6.60. The fourth-order valence-corrected chi connectivity index (χ4v) is 2.92. The second-order valence-corrected chi connectivity index (χ2v) is 6.35. The fraction of sp³-hybridized carbons (Fsp3) is 0.471. The van der Waals surface area contributed by atoms with Crippen molar-refractivity contribution in [2.45, 2.75) is 45.3 Å². The molecule has 0 saturated carbocycles. The molecule has 1 aromatic carbocycles. The first-order chi connectivity index (χ1) is 12.5. The van der Waals surface area contributed by atoms with E-state index in [2.05, 4.69) is 27.8 Å². The molecular formula is C17H22N6O3. The van der Waals surface area contributed by atoms with Crippen molar-refractivity contribution in [3.8, 4) is 5.75 Å². The van der Waals surface area contributed by atoms with Gasteiger partial charge in [-0.1, -0.05) is 25.5 Å². The van der Waals surface area contributed by atoms with E-state index < -0.39 is 11.6 Å². The third-order valence-electron chi connectivity index (χ3n) is 4.57. The zero-order chi connectivity index (χ0) is 18.7. The third kappa shape index (κ3) is 3.12. The van der Waals surface area contributed by atoms with Gasteiger partial charge in [0.05, 0.1) is 13.7 Å². The maximum absolute atomic E-state index is 13.0. The van der Waals surface area contributed by atoms with Crippen molar-refractivity contribution in [2.75, 3.05) is 7.11 Å². The maximum Gasteiger partial charge on any atom is 0.325 e. The maximum atomic E-state index is 13.0. The molecule has 26 heavy (non-hydrogen) atoms. The molecule has 0 aliphatic carbocycles. The van der Waals surface area contributed by atoms with Crippen LogP contribution in [0.15, 0.2) is 24.3 Å². The molecule has 1 fully saturated rings. The van der Waals surface area contributed by atoms with Crippen molar-refractivity contribution in [3.63, 3.8) is 0 Å². The molecule has 1 atom stereocenters. The van der Waals surface area contributed by atoms with E-state index in [0.717, 1.165) is 17.7 Å². The third-order valence-corrected chi connectivity index (χ3v) is 4.57. The summed E-state index contributed by atoms with van der Waals surface area (Å²) in [5.41, 5.74) is -0.449. The van der Waals surface area contributed by atoms with Crippen LogP contribution >= 0.6 is 0 Å². The molecule has 1 aromatic heterocycles. The Hall–Kier alpha value is -2.97. The van der Waals surface area contributed by atoms with Crippen molar-refractivity contribution in [1.29, 1.82) is 0 Å². The summed E-state index contributed by atoms with van der Waals surface area (Å²) in [5.74, 6) is 0.833. The molecule has 1 N–H and O–H groups in total. The van der Waals surface area contributed by atoms with Gasteiger partial charge in [-0.25, -0.2) is 9.48 Å². The van der Waals surface area contributed by atoms with Gasteiger partial charge in [-0.05, 0) is 41.5 Å². The van der Waals surface area contributed by atoms with E-state index >= 15 is 0 Å². The molecule has 9 heteroatoms. The van der Waals surface area contributed by atoms with Gasteiger partial charge in [0.25, 0.3) is 5.91 Å². The number of hydrogen-bond acceptors (Lipinski definition) is 6. The van der Waals surface area contributed by atoms with Crippen LogP contribution in [0, 0.1) is 0 Å². The fourth-order valence-electron chi connectivity index (χ4n) is 2.92. The topological polar surface area (TPSA) is 102 Å². The molecule has 2 aromatic rings. The summed E-state index contributed by atoms with van der Waals surface area (Å²) < 4.78 is 6.77. The molecule has 3 amide bonds. The Balaban J connectivity index is 1.81. The molecule has 2 heterocycles. The lowest BCUT2D eigenvalue weighted by Crippen LogP contribution is -2.40. The summed E-state index contributed by atoms with van der Waals surface area (Å²) in [7, 11) is 1.57. The number of ether oxygens (including phenoxy) is 1. The first-order valence-electron chi connectivity index (χ1n) is 8.53. The summed E-state index contributed by atoms with van der Waals surface area (Å²) in [6.45, 7) is 4.45. The lowest BCUT2D eigenvalue weighted by Gasteiger charge is -2.22. The summed E-state index contributed by atoms with van der Waals surface area (Å²) in [5, 5.41) is 14.3. The van der Waals surface area contributed by atoms with E-state index in [1.54, 1.807) is 43.0 Å². The molecule has 1 aliphatic rings. The number of benzene rings is 1. The average molecular weight is 358 g/mol. The quantitative estimate of drug-likeness (QED) is 0.752.